The van der Waals surface area contributed by atoms with Crippen molar-refractivity contribution in [1.29, 1.82) is 0 Å². The molecule has 0 aromatic carbocycles. The zero-order valence-electron chi connectivity index (χ0n) is 11.0. The molecule has 0 aliphatic carbocycles. The first-order valence-electron chi connectivity index (χ1n) is 6.00. The van der Waals surface area contributed by atoms with E-state index in [1.807, 2.05) is 0 Å². The van der Waals surface area contributed by atoms with Crippen LogP contribution in [0.4, 0.5) is 0 Å². The molecule has 1 heterocycles. The SMILES string of the molecule is CCCNC(C)Cc1nc(C(C)(C)C)no1. The highest BCUT2D eigenvalue weighted by atomic mass is 16.5. The zero-order chi connectivity index (χ0) is 12.2. The first-order chi connectivity index (χ1) is 7.43. The molecule has 0 aliphatic rings. The van der Waals surface area contributed by atoms with Crippen molar-refractivity contribution < 1.29 is 4.52 Å². The van der Waals surface area contributed by atoms with Gasteiger partial charge in [-0.2, -0.15) is 4.98 Å². The Hall–Kier alpha value is -0.900. The molecule has 0 amide bonds. The molecular formula is C12H23N3O. The Balaban J connectivity index is 2.52. The van der Waals surface area contributed by atoms with Crippen molar-refractivity contribution in [2.75, 3.05) is 6.54 Å². The van der Waals surface area contributed by atoms with Crippen molar-refractivity contribution in [3.63, 3.8) is 0 Å². The van der Waals surface area contributed by atoms with Crippen molar-refractivity contribution in [1.82, 2.24) is 15.5 Å². The normalized spacial score (nSPS) is 14.1. The average Bonchev–Trinajstić information content (AvgIpc) is 2.62. The van der Waals surface area contributed by atoms with Gasteiger partial charge in [0.15, 0.2) is 5.82 Å². The van der Waals surface area contributed by atoms with Gasteiger partial charge in [-0.15, -0.1) is 0 Å². The van der Waals surface area contributed by atoms with Crippen molar-refractivity contribution in [2.24, 2.45) is 0 Å². The van der Waals surface area contributed by atoms with Crippen LogP contribution in [0, 0.1) is 0 Å². The monoisotopic (exact) mass is 225 g/mol. The second-order valence-corrected chi connectivity index (χ2v) is 5.32. The molecule has 0 fully saturated rings. The van der Waals surface area contributed by atoms with Gasteiger partial charge in [0.1, 0.15) is 0 Å². The van der Waals surface area contributed by atoms with Crippen LogP contribution in [0.1, 0.15) is 52.8 Å². The highest BCUT2D eigenvalue weighted by Gasteiger charge is 2.21. The van der Waals surface area contributed by atoms with Crippen LogP contribution in [0.2, 0.25) is 0 Å². The maximum absolute atomic E-state index is 5.24. The van der Waals surface area contributed by atoms with E-state index in [4.69, 9.17) is 4.52 Å². The van der Waals surface area contributed by atoms with Crippen molar-refractivity contribution in [3.05, 3.63) is 11.7 Å². The summed E-state index contributed by atoms with van der Waals surface area (Å²) in [6.07, 6.45) is 1.94. The lowest BCUT2D eigenvalue weighted by atomic mass is 9.96. The molecule has 0 saturated heterocycles. The molecular weight excluding hydrogens is 202 g/mol. The second-order valence-electron chi connectivity index (χ2n) is 5.32. The lowest BCUT2D eigenvalue weighted by Crippen LogP contribution is -2.28. The van der Waals surface area contributed by atoms with Gasteiger partial charge >= 0.3 is 0 Å². The molecule has 1 N–H and O–H groups in total. The lowest BCUT2D eigenvalue weighted by Gasteiger charge is -2.11. The summed E-state index contributed by atoms with van der Waals surface area (Å²) in [4.78, 5) is 4.41. The van der Waals surface area contributed by atoms with Crippen LogP contribution in [0.25, 0.3) is 0 Å². The summed E-state index contributed by atoms with van der Waals surface area (Å²) in [5.74, 6) is 1.51. The van der Waals surface area contributed by atoms with Crippen molar-refractivity contribution in [3.8, 4) is 0 Å². The fourth-order valence-electron chi connectivity index (χ4n) is 1.37. The molecule has 16 heavy (non-hydrogen) atoms. The average molecular weight is 225 g/mol. The fraction of sp³-hybridized carbons (Fsp3) is 0.833. The molecule has 0 bridgehead atoms. The molecule has 1 aromatic rings. The van der Waals surface area contributed by atoms with Crippen LogP contribution in [0.3, 0.4) is 0 Å². The molecule has 92 valence electrons. The van der Waals surface area contributed by atoms with E-state index in [9.17, 15) is 0 Å². The topological polar surface area (TPSA) is 51.0 Å². The summed E-state index contributed by atoms with van der Waals surface area (Å²) < 4.78 is 5.24. The van der Waals surface area contributed by atoms with Gasteiger partial charge in [-0.25, -0.2) is 0 Å². The van der Waals surface area contributed by atoms with E-state index in [0.717, 1.165) is 31.1 Å². The molecule has 0 spiro atoms. The molecule has 4 heteroatoms. The molecule has 0 radical (unpaired) electrons. The van der Waals surface area contributed by atoms with Gasteiger partial charge in [0.2, 0.25) is 5.89 Å². The maximum Gasteiger partial charge on any atom is 0.228 e. The summed E-state index contributed by atoms with van der Waals surface area (Å²) in [5.41, 5.74) is -0.0398. The van der Waals surface area contributed by atoms with Gasteiger partial charge in [-0.3, -0.25) is 0 Å². The standard InChI is InChI=1S/C12H23N3O/c1-6-7-13-9(2)8-10-14-11(15-16-10)12(3,4)5/h9,13H,6-8H2,1-5H3. The molecule has 0 saturated carbocycles. The van der Waals surface area contributed by atoms with E-state index < -0.39 is 0 Å². The van der Waals surface area contributed by atoms with E-state index in [1.54, 1.807) is 0 Å². The Bertz CT molecular complexity index is 314. The van der Waals surface area contributed by atoms with Gasteiger partial charge < -0.3 is 9.84 Å². The van der Waals surface area contributed by atoms with E-state index >= 15 is 0 Å². The number of nitrogens with one attached hydrogen (secondary N) is 1. The molecule has 1 aromatic heterocycles. The number of nitrogens with zero attached hydrogens (tertiary/aromatic N) is 2. The number of hydrogen-bond acceptors (Lipinski definition) is 4. The predicted octanol–water partition coefficient (Wildman–Crippen LogP) is 2.30. The lowest BCUT2D eigenvalue weighted by molar-refractivity contribution is 0.350. The number of rotatable bonds is 5. The first-order valence-corrected chi connectivity index (χ1v) is 6.00. The van der Waals surface area contributed by atoms with Gasteiger partial charge in [-0.1, -0.05) is 32.9 Å². The summed E-state index contributed by atoms with van der Waals surface area (Å²) in [6.45, 7) is 11.6. The van der Waals surface area contributed by atoms with E-state index in [-0.39, 0.29) is 5.41 Å². The second kappa shape index (κ2) is 5.43. The number of aromatic nitrogens is 2. The van der Waals surface area contributed by atoms with Crippen LogP contribution >= 0.6 is 0 Å². The van der Waals surface area contributed by atoms with Gasteiger partial charge in [-0.05, 0) is 19.9 Å². The largest absolute Gasteiger partial charge is 0.339 e. The third-order valence-electron chi connectivity index (χ3n) is 2.36. The van der Waals surface area contributed by atoms with Gasteiger partial charge in [0, 0.05) is 17.9 Å². The van der Waals surface area contributed by atoms with Gasteiger partial charge in [0.25, 0.3) is 0 Å². The molecule has 4 nitrogen and oxygen atoms in total. The Morgan fingerprint density at radius 3 is 2.56 bits per heavy atom. The molecule has 1 atom stereocenters. The molecule has 1 rings (SSSR count). The van der Waals surface area contributed by atoms with Crippen molar-refractivity contribution >= 4 is 0 Å². The number of hydrogen-bond donors (Lipinski definition) is 1. The van der Waals surface area contributed by atoms with Crippen molar-refractivity contribution in [2.45, 2.75) is 58.9 Å². The Morgan fingerprint density at radius 1 is 1.38 bits per heavy atom. The van der Waals surface area contributed by atoms with Crippen LogP contribution in [-0.4, -0.2) is 22.7 Å². The van der Waals surface area contributed by atoms with Crippen LogP contribution in [0.15, 0.2) is 4.52 Å². The van der Waals surface area contributed by atoms with E-state index in [2.05, 4.69) is 50.1 Å². The minimum atomic E-state index is -0.0398. The van der Waals surface area contributed by atoms with E-state index in [1.165, 1.54) is 0 Å². The molecule has 1 unspecified atom stereocenters. The molecule has 0 aliphatic heterocycles. The zero-order valence-corrected chi connectivity index (χ0v) is 11.0. The smallest absolute Gasteiger partial charge is 0.228 e. The summed E-state index contributed by atoms with van der Waals surface area (Å²) in [6, 6.07) is 0.383. The highest BCUT2D eigenvalue weighted by molar-refractivity contribution is 5.00. The fourth-order valence-corrected chi connectivity index (χ4v) is 1.37. The van der Waals surface area contributed by atoms with Crippen LogP contribution in [-0.2, 0) is 11.8 Å². The maximum atomic E-state index is 5.24. The third kappa shape index (κ3) is 3.93. The minimum absolute atomic E-state index is 0.0398. The first kappa shape index (κ1) is 13.2. The van der Waals surface area contributed by atoms with Crippen LogP contribution < -0.4 is 5.32 Å². The quantitative estimate of drug-likeness (QED) is 0.835. The summed E-state index contributed by atoms with van der Waals surface area (Å²) in [5, 5.41) is 7.41. The third-order valence-corrected chi connectivity index (χ3v) is 2.36. The Morgan fingerprint density at radius 2 is 2.06 bits per heavy atom. The Labute approximate surface area is 97.8 Å². The highest BCUT2D eigenvalue weighted by Crippen LogP contribution is 2.18. The summed E-state index contributed by atoms with van der Waals surface area (Å²) >= 11 is 0. The Kier molecular flexibility index (Phi) is 4.47. The predicted molar refractivity (Wildman–Crippen MR) is 64.5 cm³/mol. The summed E-state index contributed by atoms with van der Waals surface area (Å²) in [7, 11) is 0. The van der Waals surface area contributed by atoms with Gasteiger partial charge in [0.05, 0.1) is 0 Å². The van der Waals surface area contributed by atoms with E-state index in [0.29, 0.717) is 6.04 Å². The van der Waals surface area contributed by atoms with Crippen LogP contribution in [0.5, 0.6) is 0 Å². The minimum Gasteiger partial charge on any atom is -0.339 e.